The average Bonchev–Trinajstić information content (AvgIpc) is 2.66. The molecule has 2 aliphatic heterocycles. The molecule has 140 valence electrons. The molecule has 7 nitrogen and oxygen atoms in total. The first-order valence-electron chi connectivity index (χ1n) is 9.11. The van der Waals surface area contributed by atoms with E-state index in [-0.39, 0.29) is 24.1 Å². The Balaban J connectivity index is 1.62. The molecule has 0 aromatic heterocycles. The van der Waals surface area contributed by atoms with Crippen molar-refractivity contribution in [2.24, 2.45) is 0 Å². The number of carbonyl (C=O) groups excluding carboxylic acids is 3. The molecule has 0 N–H and O–H groups in total. The van der Waals surface area contributed by atoms with Gasteiger partial charge in [-0.05, 0) is 18.6 Å². The van der Waals surface area contributed by atoms with Crippen LogP contribution in [-0.4, -0.2) is 66.3 Å². The number of piperazine rings is 1. The number of nitrogens with zero attached hydrogens (tertiary/aromatic N) is 3. The van der Waals surface area contributed by atoms with Gasteiger partial charge in [0.2, 0.25) is 11.8 Å². The smallest absolute Gasteiger partial charge is 0.268 e. The van der Waals surface area contributed by atoms with Crippen molar-refractivity contribution in [1.82, 2.24) is 9.80 Å². The monoisotopic (exact) mass is 359 g/mol. The minimum absolute atomic E-state index is 0.0121. The Kier molecular flexibility index (Phi) is 5.44. The number of rotatable bonds is 4. The van der Waals surface area contributed by atoms with Crippen LogP contribution in [0.4, 0.5) is 5.69 Å². The molecule has 0 bridgehead atoms. The van der Waals surface area contributed by atoms with Crippen LogP contribution in [0, 0.1) is 0 Å². The van der Waals surface area contributed by atoms with E-state index in [2.05, 4.69) is 0 Å². The highest BCUT2D eigenvalue weighted by atomic mass is 16.5. The van der Waals surface area contributed by atoms with Gasteiger partial charge in [0, 0.05) is 46.1 Å². The van der Waals surface area contributed by atoms with E-state index in [9.17, 15) is 14.4 Å². The molecule has 1 aromatic carbocycles. The quantitative estimate of drug-likeness (QED) is 0.812. The van der Waals surface area contributed by atoms with Crippen molar-refractivity contribution in [2.75, 3.05) is 37.6 Å². The maximum absolute atomic E-state index is 12.7. The van der Waals surface area contributed by atoms with Gasteiger partial charge in [0.1, 0.15) is 5.75 Å². The Hall–Kier alpha value is -2.57. The summed E-state index contributed by atoms with van der Waals surface area (Å²) in [5, 5.41) is 0. The second-order valence-electron chi connectivity index (χ2n) is 6.61. The van der Waals surface area contributed by atoms with E-state index >= 15 is 0 Å². The number of hydrogen-bond acceptors (Lipinski definition) is 4. The molecule has 1 fully saturated rings. The Bertz CT molecular complexity index is 698. The van der Waals surface area contributed by atoms with E-state index in [1.807, 2.05) is 31.2 Å². The highest BCUT2D eigenvalue weighted by molar-refractivity contribution is 6.00. The maximum Gasteiger partial charge on any atom is 0.268 e. The second kappa shape index (κ2) is 7.76. The number of ether oxygens (including phenoxy) is 1. The lowest BCUT2D eigenvalue weighted by molar-refractivity contribution is -0.138. The van der Waals surface area contributed by atoms with E-state index in [4.69, 9.17) is 4.74 Å². The second-order valence-corrected chi connectivity index (χ2v) is 6.61. The summed E-state index contributed by atoms with van der Waals surface area (Å²) in [4.78, 5) is 41.8. The molecule has 26 heavy (non-hydrogen) atoms. The van der Waals surface area contributed by atoms with Gasteiger partial charge in [-0.25, -0.2) is 0 Å². The summed E-state index contributed by atoms with van der Waals surface area (Å²) in [7, 11) is 0. The predicted octanol–water partition coefficient (Wildman–Crippen LogP) is 1.27. The zero-order chi connectivity index (χ0) is 18.7. The fourth-order valence-electron chi connectivity index (χ4n) is 3.40. The lowest BCUT2D eigenvalue weighted by atomic mass is 10.1. The van der Waals surface area contributed by atoms with E-state index in [0.29, 0.717) is 44.9 Å². The zero-order valence-electron chi connectivity index (χ0n) is 15.3. The van der Waals surface area contributed by atoms with Crippen LogP contribution < -0.4 is 9.64 Å². The van der Waals surface area contributed by atoms with Crippen molar-refractivity contribution in [3.8, 4) is 5.75 Å². The van der Waals surface area contributed by atoms with Gasteiger partial charge in [-0.15, -0.1) is 0 Å². The van der Waals surface area contributed by atoms with Gasteiger partial charge in [-0.1, -0.05) is 19.1 Å². The number of anilines is 1. The van der Waals surface area contributed by atoms with Gasteiger partial charge in [0.05, 0.1) is 5.69 Å². The third-order valence-electron chi connectivity index (χ3n) is 4.96. The number of benzene rings is 1. The molecule has 1 unspecified atom stereocenters. The molecular formula is C19H25N3O4. The number of carbonyl (C=O) groups is 3. The van der Waals surface area contributed by atoms with Gasteiger partial charge < -0.3 is 19.4 Å². The summed E-state index contributed by atoms with van der Waals surface area (Å²) in [6, 6.07) is 7.42. The van der Waals surface area contributed by atoms with Crippen LogP contribution in [0.5, 0.6) is 5.75 Å². The van der Waals surface area contributed by atoms with Crippen LogP contribution in [0.3, 0.4) is 0 Å². The standard InChI is InChI=1S/C19H25N3O4/c1-3-16-19(25)22(15-6-4-5-7-17(15)26-16)9-8-18(24)21-12-10-20(11-13-21)14(2)23/h4-7,16H,3,8-13H2,1-2H3. The average molecular weight is 359 g/mol. The molecule has 3 amide bonds. The van der Waals surface area contributed by atoms with Gasteiger partial charge in [0.25, 0.3) is 5.91 Å². The minimum atomic E-state index is -0.501. The summed E-state index contributed by atoms with van der Waals surface area (Å²) in [5.41, 5.74) is 0.719. The van der Waals surface area contributed by atoms with Gasteiger partial charge in [-0.2, -0.15) is 0 Å². The van der Waals surface area contributed by atoms with E-state index in [1.54, 1.807) is 21.6 Å². The maximum atomic E-state index is 12.7. The Labute approximate surface area is 153 Å². The van der Waals surface area contributed by atoms with E-state index < -0.39 is 6.10 Å². The lowest BCUT2D eigenvalue weighted by Crippen LogP contribution is -2.51. The molecule has 2 heterocycles. The van der Waals surface area contributed by atoms with Crippen molar-refractivity contribution in [3.05, 3.63) is 24.3 Å². The fourth-order valence-corrected chi connectivity index (χ4v) is 3.40. The molecule has 0 aliphatic carbocycles. The first-order chi connectivity index (χ1) is 12.5. The normalized spacial score (nSPS) is 19.8. The summed E-state index contributed by atoms with van der Waals surface area (Å²) >= 11 is 0. The van der Waals surface area contributed by atoms with Crippen molar-refractivity contribution in [1.29, 1.82) is 0 Å². The number of hydrogen-bond donors (Lipinski definition) is 0. The Morgan fingerprint density at radius 2 is 1.77 bits per heavy atom. The first kappa shape index (κ1) is 18.2. The highest BCUT2D eigenvalue weighted by Crippen LogP contribution is 2.34. The van der Waals surface area contributed by atoms with Crippen LogP contribution in [0.1, 0.15) is 26.7 Å². The molecular weight excluding hydrogens is 334 g/mol. The van der Waals surface area contributed by atoms with E-state index in [0.717, 1.165) is 5.69 Å². The molecule has 2 aliphatic rings. The van der Waals surface area contributed by atoms with Crippen LogP contribution >= 0.6 is 0 Å². The summed E-state index contributed by atoms with van der Waals surface area (Å²) in [6.45, 7) is 6.02. The topological polar surface area (TPSA) is 70.2 Å². The van der Waals surface area contributed by atoms with Crippen LogP contribution in [0.15, 0.2) is 24.3 Å². The van der Waals surface area contributed by atoms with Gasteiger partial charge >= 0.3 is 0 Å². The SMILES string of the molecule is CCC1Oc2ccccc2N(CCC(=O)N2CCN(C(C)=O)CC2)C1=O. The first-order valence-corrected chi connectivity index (χ1v) is 9.11. The number of para-hydroxylation sites is 2. The van der Waals surface area contributed by atoms with E-state index in [1.165, 1.54) is 0 Å². The predicted molar refractivity (Wildman–Crippen MR) is 97.0 cm³/mol. The molecule has 0 saturated carbocycles. The van der Waals surface area contributed by atoms with Crippen molar-refractivity contribution < 1.29 is 19.1 Å². The molecule has 3 rings (SSSR count). The Morgan fingerprint density at radius 3 is 2.42 bits per heavy atom. The van der Waals surface area contributed by atoms with Gasteiger partial charge in [0.15, 0.2) is 6.10 Å². The summed E-state index contributed by atoms with van der Waals surface area (Å²) in [5.74, 6) is 0.637. The van der Waals surface area contributed by atoms with Crippen LogP contribution in [0.25, 0.3) is 0 Å². The summed E-state index contributed by atoms with van der Waals surface area (Å²) in [6.07, 6.45) is 0.348. The fraction of sp³-hybridized carbons (Fsp3) is 0.526. The van der Waals surface area contributed by atoms with Crippen LogP contribution in [-0.2, 0) is 14.4 Å². The largest absolute Gasteiger partial charge is 0.478 e. The highest BCUT2D eigenvalue weighted by Gasteiger charge is 2.33. The molecule has 1 atom stereocenters. The van der Waals surface area contributed by atoms with Crippen molar-refractivity contribution in [3.63, 3.8) is 0 Å². The third kappa shape index (κ3) is 3.66. The number of amides is 3. The number of fused-ring (bicyclic) bond motifs is 1. The lowest BCUT2D eigenvalue weighted by Gasteiger charge is -2.36. The van der Waals surface area contributed by atoms with Gasteiger partial charge in [-0.3, -0.25) is 14.4 Å². The van der Waals surface area contributed by atoms with Crippen molar-refractivity contribution >= 4 is 23.4 Å². The third-order valence-corrected chi connectivity index (χ3v) is 4.96. The zero-order valence-corrected chi connectivity index (χ0v) is 15.3. The molecule has 1 aromatic rings. The molecule has 7 heteroatoms. The molecule has 1 saturated heterocycles. The van der Waals surface area contributed by atoms with Crippen LogP contribution in [0.2, 0.25) is 0 Å². The molecule has 0 radical (unpaired) electrons. The summed E-state index contributed by atoms with van der Waals surface area (Å²) < 4.78 is 5.76. The van der Waals surface area contributed by atoms with Crippen molar-refractivity contribution in [2.45, 2.75) is 32.8 Å². The minimum Gasteiger partial charge on any atom is -0.478 e. The molecule has 0 spiro atoms. The Morgan fingerprint density at radius 1 is 1.12 bits per heavy atom.